The lowest BCUT2D eigenvalue weighted by molar-refractivity contribution is -0.303. The van der Waals surface area contributed by atoms with Crippen molar-refractivity contribution in [3.8, 4) is 0 Å². The number of unbranched alkanes of at least 4 members (excludes halogenated alkanes) is 36. The molecule has 11 nitrogen and oxygen atoms in total. The molecule has 1 rings (SSSR count). The summed E-state index contributed by atoms with van der Waals surface area (Å²) < 4.78 is 11.2. The van der Waals surface area contributed by atoms with Gasteiger partial charge in [-0.25, -0.2) is 0 Å². The first-order chi connectivity index (χ1) is 39.2. The monoisotopic (exact) mass is 1130 g/mol. The molecular weight excluding hydrogens is 1000 g/mol. The number of rotatable bonds is 58. The molecule has 0 aromatic carbocycles. The van der Waals surface area contributed by atoms with Crippen LogP contribution in [0.3, 0.4) is 0 Å². The first-order valence-electron chi connectivity index (χ1n) is 33.7. The van der Waals surface area contributed by atoms with Gasteiger partial charge in [-0.2, -0.15) is 0 Å². The van der Waals surface area contributed by atoms with E-state index < -0.39 is 74.2 Å². The van der Waals surface area contributed by atoms with E-state index in [4.69, 9.17) is 9.47 Å². The maximum absolute atomic E-state index is 13.2. The van der Waals surface area contributed by atoms with Gasteiger partial charge in [0.2, 0.25) is 5.91 Å². The molecule has 1 saturated heterocycles. The number of aliphatic hydroxyl groups is 7. The zero-order chi connectivity index (χ0) is 58.2. The van der Waals surface area contributed by atoms with E-state index in [1.54, 1.807) is 0 Å². The number of nitrogens with one attached hydrogen (secondary N) is 1. The van der Waals surface area contributed by atoms with Gasteiger partial charge in [0.15, 0.2) is 6.29 Å². The number of ether oxygens (including phenoxy) is 2. The van der Waals surface area contributed by atoms with Crippen molar-refractivity contribution in [3.05, 3.63) is 60.8 Å². The highest BCUT2D eigenvalue weighted by atomic mass is 16.7. The molecule has 468 valence electrons. The molecular formula is C69H127NO10. The Morgan fingerprint density at radius 1 is 0.438 bits per heavy atom. The average Bonchev–Trinajstić information content (AvgIpc) is 3.47. The minimum Gasteiger partial charge on any atom is -0.394 e. The Hall–Kier alpha value is -2.19. The van der Waals surface area contributed by atoms with Crippen LogP contribution >= 0.6 is 0 Å². The summed E-state index contributed by atoms with van der Waals surface area (Å²) in [6, 6.07) is -1.20. The molecule has 80 heavy (non-hydrogen) atoms. The van der Waals surface area contributed by atoms with Crippen molar-refractivity contribution < 1.29 is 50.0 Å². The Kier molecular flexibility index (Phi) is 54.3. The molecule has 0 spiro atoms. The molecule has 9 unspecified atom stereocenters. The molecule has 0 aromatic rings. The van der Waals surface area contributed by atoms with Crippen LogP contribution in [0.1, 0.15) is 303 Å². The summed E-state index contributed by atoms with van der Waals surface area (Å²) in [6.45, 7) is 3.46. The summed E-state index contributed by atoms with van der Waals surface area (Å²) in [7, 11) is 0. The van der Waals surface area contributed by atoms with E-state index in [2.05, 4.69) is 79.9 Å². The largest absolute Gasteiger partial charge is 0.394 e. The van der Waals surface area contributed by atoms with Gasteiger partial charge >= 0.3 is 0 Å². The van der Waals surface area contributed by atoms with Crippen LogP contribution in [0.4, 0.5) is 0 Å². The quantitative estimate of drug-likeness (QED) is 0.0215. The molecule has 1 amide bonds. The third kappa shape index (κ3) is 44.3. The van der Waals surface area contributed by atoms with Gasteiger partial charge in [0.25, 0.3) is 0 Å². The summed E-state index contributed by atoms with van der Waals surface area (Å²) in [5.74, 6) is -0.719. The van der Waals surface area contributed by atoms with E-state index in [0.29, 0.717) is 19.3 Å². The maximum atomic E-state index is 13.2. The average molecular weight is 1130 g/mol. The highest BCUT2D eigenvalue weighted by Gasteiger charge is 2.44. The highest BCUT2D eigenvalue weighted by molar-refractivity contribution is 5.80. The summed E-state index contributed by atoms with van der Waals surface area (Å²) in [4.78, 5) is 13.2. The van der Waals surface area contributed by atoms with E-state index in [1.165, 1.54) is 186 Å². The molecule has 1 heterocycles. The zero-order valence-electron chi connectivity index (χ0n) is 51.6. The summed E-state index contributed by atoms with van der Waals surface area (Å²) >= 11 is 0. The van der Waals surface area contributed by atoms with E-state index >= 15 is 0 Å². The second-order valence-corrected chi connectivity index (χ2v) is 23.5. The molecule has 0 saturated carbocycles. The number of aliphatic hydroxyl groups excluding tert-OH is 7. The number of hydrogen-bond acceptors (Lipinski definition) is 10. The van der Waals surface area contributed by atoms with Crippen LogP contribution in [0.15, 0.2) is 60.8 Å². The predicted molar refractivity (Wildman–Crippen MR) is 334 cm³/mol. The predicted octanol–water partition coefficient (Wildman–Crippen LogP) is 15.7. The Bertz CT molecular complexity index is 1480. The summed E-state index contributed by atoms with van der Waals surface area (Å²) in [5.41, 5.74) is 0. The fraction of sp³-hybridized carbons (Fsp3) is 0.841. The van der Waals surface area contributed by atoms with Crippen molar-refractivity contribution in [2.75, 3.05) is 13.2 Å². The molecule has 1 aliphatic heterocycles. The lowest BCUT2D eigenvalue weighted by Crippen LogP contribution is -2.60. The number of carbonyl (C=O) groups is 1. The molecule has 8 N–H and O–H groups in total. The Balaban J connectivity index is 2.28. The van der Waals surface area contributed by atoms with E-state index in [1.807, 2.05) is 0 Å². The number of hydrogen-bond donors (Lipinski definition) is 8. The van der Waals surface area contributed by atoms with Crippen molar-refractivity contribution >= 4 is 5.91 Å². The zero-order valence-corrected chi connectivity index (χ0v) is 51.6. The topological polar surface area (TPSA) is 189 Å². The van der Waals surface area contributed by atoms with Crippen LogP contribution in [-0.4, -0.2) is 110 Å². The lowest BCUT2D eigenvalue weighted by Gasteiger charge is -2.40. The molecule has 9 atom stereocenters. The molecule has 1 aliphatic rings. The SMILES string of the molecule is CCCCCCCCCCC/C=C\C/C=C\CCCCCCCCC(O)C(=O)NC(COC1OC(CO)C(O)C(O)C1O)C(O)C(O)CCC/C=C/CC/C=C/CC/C=C/CCCCCCCCCCCCCCCCCCCC. The van der Waals surface area contributed by atoms with Crippen LogP contribution in [-0.2, 0) is 14.3 Å². The second kappa shape index (κ2) is 57.3. The van der Waals surface area contributed by atoms with Crippen molar-refractivity contribution in [2.24, 2.45) is 0 Å². The Morgan fingerprint density at radius 3 is 1.19 bits per heavy atom. The third-order valence-electron chi connectivity index (χ3n) is 16.0. The van der Waals surface area contributed by atoms with E-state index in [0.717, 1.165) is 70.6 Å². The molecule has 0 bridgehead atoms. The molecule has 11 heteroatoms. The van der Waals surface area contributed by atoms with E-state index in [-0.39, 0.29) is 12.8 Å². The van der Waals surface area contributed by atoms with Crippen LogP contribution in [0.25, 0.3) is 0 Å². The van der Waals surface area contributed by atoms with Gasteiger partial charge in [-0.05, 0) is 96.3 Å². The first kappa shape index (κ1) is 75.8. The molecule has 0 aliphatic carbocycles. The molecule has 0 aromatic heterocycles. The third-order valence-corrected chi connectivity index (χ3v) is 16.0. The summed E-state index contributed by atoms with van der Waals surface area (Å²) in [6.07, 6.45) is 64.4. The van der Waals surface area contributed by atoms with Crippen molar-refractivity contribution in [2.45, 2.75) is 358 Å². The van der Waals surface area contributed by atoms with Gasteiger partial charge in [-0.15, -0.1) is 0 Å². The van der Waals surface area contributed by atoms with Crippen molar-refractivity contribution in [1.29, 1.82) is 0 Å². The molecule has 1 fully saturated rings. The smallest absolute Gasteiger partial charge is 0.249 e. The van der Waals surface area contributed by atoms with Gasteiger partial charge in [0.05, 0.1) is 25.4 Å². The second-order valence-electron chi connectivity index (χ2n) is 23.5. The van der Waals surface area contributed by atoms with Gasteiger partial charge in [0, 0.05) is 0 Å². The van der Waals surface area contributed by atoms with Crippen molar-refractivity contribution in [3.63, 3.8) is 0 Å². The minimum atomic E-state index is -1.68. The highest BCUT2D eigenvalue weighted by Crippen LogP contribution is 2.23. The fourth-order valence-corrected chi connectivity index (χ4v) is 10.6. The van der Waals surface area contributed by atoms with Crippen LogP contribution in [0, 0.1) is 0 Å². The summed E-state index contributed by atoms with van der Waals surface area (Å²) in [5, 5.41) is 76.3. The Labute approximate surface area is 491 Å². The number of allylic oxidation sites excluding steroid dienone is 10. The normalized spacial score (nSPS) is 19.6. The van der Waals surface area contributed by atoms with Gasteiger partial charge in [-0.3, -0.25) is 4.79 Å². The first-order valence-corrected chi connectivity index (χ1v) is 33.7. The number of amides is 1. The van der Waals surface area contributed by atoms with Crippen LogP contribution in [0.5, 0.6) is 0 Å². The fourth-order valence-electron chi connectivity index (χ4n) is 10.6. The van der Waals surface area contributed by atoms with Gasteiger partial charge in [0.1, 0.15) is 36.6 Å². The van der Waals surface area contributed by atoms with Crippen molar-refractivity contribution in [1.82, 2.24) is 5.32 Å². The standard InChI is InChI=1S/C69H127NO10/c1-3-5-7-9-11-13-15-17-19-21-23-25-27-28-29-30-31-32-33-34-35-37-38-40-42-44-46-48-50-52-54-56-61(72)64(74)60(59-79-69-67(77)66(76)65(75)63(58-71)80-69)70-68(78)62(73)57-55-53-51-49-47-45-43-41-39-36-26-24-22-20-18-16-14-12-10-8-6-4-2/h24,26,34-35,39-42,48,50,60-67,69,71-77H,3-23,25,27-33,36-38,43-47,49,51-59H2,1-2H3,(H,70,78)/b26-24-,35-34+,41-39-,42-40+,50-48+. The van der Waals surface area contributed by atoms with E-state index in [9.17, 15) is 40.5 Å². The molecule has 0 radical (unpaired) electrons. The lowest BCUT2D eigenvalue weighted by atomic mass is 9.98. The Morgan fingerprint density at radius 2 is 0.787 bits per heavy atom. The minimum absolute atomic E-state index is 0.235. The maximum Gasteiger partial charge on any atom is 0.249 e. The van der Waals surface area contributed by atoms with Crippen LogP contribution in [0.2, 0.25) is 0 Å². The number of carbonyl (C=O) groups excluding carboxylic acids is 1. The van der Waals surface area contributed by atoms with Gasteiger partial charge < -0.3 is 50.5 Å². The van der Waals surface area contributed by atoms with Gasteiger partial charge in [-0.1, -0.05) is 267 Å². The van der Waals surface area contributed by atoms with Crippen LogP contribution < -0.4 is 5.32 Å².